The molecule has 77 heavy (non-hydrogen) atoms. The molecule has 3 aromatic heterocycles. The monoisotopic (exact) mass is 1010 g/mol. The Morgan fingerprint density at radius 3 is 1.82 bits per heavy atom. The summed E-state index contributed by atoms with van der Waals surface area (Å²) in [5.74, 6) is 1.68. The van der Waals surface area contributed by atoms with E-state index in [2.05, 4.69) is 116 Å². The first-order chi connectivity index (χ1) is 42.5. The number of imidazole rings is 1. The van der Waals surface area contributed by atoms with Crippen LogP contribution in [0.3, 0.4) is 0 Å². The van der Waals surface area contributed by atoms with Crippen LogP contribution in [-0.4, -0.2) is 14.1 Å². The molecule has 0 N–H and O–H groups in total. The van der Waals surface area contributed by atoms with Crippen molar-refractivity contribution in [3.05, 3.63) is 235 Å². The summed E-state index contributed by atoms with van der Waals surface area (Å²) in [5, 5.41) is 2.04. The van der Waals surface area contributed by atoms with Gasteiger partial charge in [0.05, 0.1) is 51.3 Å². The molecule has 0 atom stereocenters. The third-order valence-corrected chi connectivity index (χ3v) is 14.8. The lowest BCUT2D eigenvalue weighted by molar-refractivity contribution is -0.571. The fourth-order valence-corrected chi connectivity index (χ4v) is 10.8. The van der Waals surface area contributed by atoms with Gasteiger partial charge in [-0.15, -0.1) is 0 Å². The Hall–Kier alpha value is -8.80. The second kappa shape index (κ2) is 17.9. The van der Waals surface area contributed by atoms with E-state index in [4.69, 9.17) is 13.8 Å². The van der Waals surface area contributed by atoms with Gasteiger partial charge in [-0.1, -0.05) is 202 Å². The van der Waals surface area contributed by atoms with Crippen molar-refractivity contribution in [2.75, 3.05) is 0 Å². The third kappa shape index (κ3) is 8.33. The summed E-state index contributed by atoms with van der Waals surface area (Å²) in [4.78, 5) is 4.87. The Labute approximate surface area is 470 Å². The fourth-order valence-electron chi connectivity index (χ4n) is 10.8. The fraction of sp³-hybridized carbons (Fsp3) is 0.167. The van der Waals surface area contributed by atoms with Gasteiger partial charge in [-0.25, -0.2) is 4.98 Å². The second-order valence-electron chi connectivity index (χ2n) is 22.9. The van der Waals surface area contributed by atoms with Crippen molar-refractivity contribution < 1.29 is 27.1 Å². The van der Waals surface area contributed by atoms with Gasteiger partial charge >= 0.3 is 0 Å². The van der Waals surface area contributed by atoms with E-state index in [1.54, 1.807) is 21.3 Å². The molecule has 0 saturated heterocycles. The molecule has 1 aliphatic heterocycles. The van der Waals surface area contributed by atoms with Crippen LogP contribution in [0.5, 0.6) is 11.5 Å². The smallest absolute Gasteiger partial charge is 0.269 e. The van der Waals surface area contributed by atoms with E-state index in [-0.39, 0.29) is 55.3 Å². The van der Waals surface area contributed by atoms with Gasteiger partial charge in [0, 0.05) is 23.0 Å². The molecule has 5 nitrogen and oxygen atoms in total. The molecule has 0 unspecified atom stereocenters. The largest absolute Gasteiger partial charge is 0.458 e. The van der Waals surface area contributed by atoms with Crippen LogP contribution >= 0.6 is 0 Å². The van der Waals surface area contributed by atoms with Crippen LogP contribution in [0.2, 0.25) is 0 Å². The van der Waals surface area contributed by atoms with Gasteiger partial charge in [-0.05, 0) is 149 Å². The van der Waals surface area contributed by atoms with Crippen LogP contribution in [0, 0.1) is 6.33 Å². The molecule has 0 amide bonds. The van der Waals surface area contributed by atoms with E-state index in [0.717, 1.165) is 55.4 Å². The topological polar surface area (TPSA) is 35.9 Å². The molecular formula is C72H62N4O. The van der Waals surface area contributed by atoms with Crippen molar-refractivity contribution in [2.24, 2.45) is 0 Å². The summed E-state index contributed by atoms with van der Waals surface area (Å²) in [6, 6.07) is 33.5. The van der Waals surface area contributed by atoms with Crippen molar-refractivity contribution in [3.63, 3.8) is 0 Å². The lowest BCUT2D eigenvalue weighted by atomic mass is 9.78. The van der Waals surface area contributed by atoms with E-state index in [9.17, 15) is 13.7 Å². The van der Waals surface area contributed by atoms with Gasteiger partial charge in [0.2, 0.25) is 0 Å². The highest BCUT2D eigenvalue weighted by Gasteiger charge is 2.29. The van der Waals surface area contributed by atoms with Crippen LogP contribution in [0.15, 0.2) is 212 Å². The SMILES string of the molecule is [2H]c1c([2H])c([2H])c(-c2cc3c4c(c2)n(-c2cccc(Oc5ccc6c7ccccc7n(-c7cc(C(C)(C)C)ccn7)c6c5)c2)[c-][n+]4-c2cc(-c4ccc(C(C)(C)C)cc4)c(C(C)(C)C)cc2-c2c([2H])c([2H])c([2H])c([2H])c2-c2c([2H])c([2H])c([2H])c([2H])c2-3)c([2H])c1[2H]. The van der Waals surface area contributed by atoms with Crippen LogP contribution in [0.1, 0.15) is 96.8 Å². The number of hydrogen-bond acceptors (Lipinski definition) is 2. The maximum Gasteiger partial charge on any atom is 0.269 e. The minimum atomic E-state index is -0.653. The van der Waals surface area contributed by atoms with Gasteiger partial charge in [0.1, 0.15) is 17.3 Å². The highest BCUT2D eigenvalue weighted by molar-refractivity contribution is 6.09. The normalized spacial score (nSPS) is 14.8. The molecule has 0 fully saturated rings. The minimum Gasteiger partial charge on any atom is -0.458 e. The van der Waals surface area contributed by atoms with Gasteiger partial charge < -0.3 is 4.74 Å². The van der Waals surface area contributed by atoms with E-state index < -0.39 is 84.0 Å². The standard InChI is InChI=1S/C72H62N4O/c1-70(2,3)49-32-30-47(31-33-49)60-44-65-61(43-63(60)72(7,8)9)56-26-15-13-24-54(56)55-25-14-16-27-57(55)62-38-48(46-20-11-10-12-21-46)39-67-69(62)75(65)45-74(67)51-22-19-23-52(41-51)77-53-34-35-59-58-28-17-18-29-64(58)76(66(59)42-53)68-40-50(36-37-73-68)71(4,5)6/h10-44H,1-9H3/i10D,11D,12D,13D,14D,15D,16D,20D,21D,24D,25D,26D,27D. The molecule has 0 spiro atoms. The number of fused-ring (bicyclic) bond motifs is 10. The number of ether oxygens (including phenoxy) is 1. The van der Waals surface area contributed by atoms with Gasteiger partial charge in [0.15, 0.2) is 0 Å². The molecule has 0 aliphatic carbocycles. The van der Waals surface area contributed by atoms with Crippen molar-refractivity contribution in [3.8, 4) is 84.3 Å². The molecule has 13 rings (SSSR count). The van der Waals surface area contributed by atoms with Gasteiger partial charge in [0.25, 0.3) is 6.33 Å². The lowest BCUT2D eigenvalue weighted by Gasteiger charge is -2.27. The van der Waals surface area contributed by atoms with Crippen LogP contribution in [0.25, 0.3) is 106 Å². The van der Waals surface area contributed by atoms with Gasteiger partial charge in [-0.2, -0.15) is 0 Å². The number of hydrogen-bond donors (Lipinski definition) is 0. The molecule has 0 saturated carbocycles. The first-order valence-corrected chi connectivity index (χ1v) is 25.9. The van der Waals surface area contributed by atoms with E-state index in [0.29, 0.717) is 34.0 Å². The molecular weight excluding hydrogens is 937 g/mol. The summed E-state index contributed by atoms with van der Waals surface area (Å²) in [6.07, 6.45) is 5.48. The number of benzene rings is 9. The zero-order valence-electron chi connectivity index (χ0n) is 57.4. The van der Waals surface area contributed by atoms with Crippen LogP contribution in [-0.2, 0) is 16.2 Å². The van der Waals surface area contributed by atoms with E-state index >= 15 is 0 Å². The molecule has 0 radical (unpaired) electrons. The first-order valence-electron chi connectivity index (χ1n) is 32.4. The minimum absolute atomic E-state index is 0.0213. The van der Waals surface area contributed by atoms with Crippen molar-refractivity contribution in [1.29, 1.82) is 0 Å². The summed E-state index contributed by atoms with van der Waals surface area (Å²) < 4.78 is 134. The molecule has 1 aliphatic rings. The Morgan fingerprint density at radius 2 is 1.12 bits per heavy atom. The number of rotatable bonds is 6. The molecule has 9 aromatic carbocycles. The molecule has 376 valence electrons. The third-order valence-electron chi connectivity index (χ3n) is 14.8. The number of pyridine rings is 1. The highest BCUT2D eigenvalue weighted by atomic mass is 16.5. The van der Waals surface area contributed by atoms with Crippen LogP contribution in [0.4, 0.5) is 0 Å². The predicted molar refractivity (Wildman–Crippen MR) is 319 cm³/mol. The molecule has 4 heterocycles. The summed E-state index contributed by atoms with van der Waals surface area (Å²) in [6.45, 7) is 19.1. The molecule has 0 bridgehead atoms. The zero-order chi connectivity index (χ0) is 64.3. The van der Waals surface area contributed by atoms with Crippen molar-refractivity contribution in [1.82, 2.24) is 14.1 Å². The number of nitrogens with zero attached hydrogens (tertiary/aromatic N) is 4. The van der Waals surface area contributed by atoms with Crippen molar-refractivity contribution >= 4 is 32.8 Å². The second-order valence-corrected chi connectivity index (χ2v) is 22.9. The molecule has 12 aromatic rings. The Bertz CT molecular complexity index is 5050. The number of para-hydroxylation sites is 1. The quantitative estimate of drug-likeness (QED) is 0.123. The number of aromatic nitrogens is 4. The summed E-state index contributed by atoms with van der Waals surface area (Å²) >= 11 is 0. The Morgan fingerprint density at radius 1 is 0.468 bits per heavy atom. The Kier molecular flexibility index (Phi) is 8.25. The maximum absolute atomic E-state index is 9.95. The first kappa shape index (κ1) is 35.5. The summed E-state index contributed by atoms with van der Waals surface area (Å²) in [5.41, 5.74) is 6.73. The van der Waals surface area contributed by atoms with Crippen LogP contribution < -0.4 is 9.30 Å². The average Bonchev–Trinajstić information content (AvgIpc) is 1.45. The maximum atomic E-state index is 9.95. The predicted octanol–water partition coefficient (Wildman–Crippen LogP) is 18.5. The summed E-state index contributed by atoms with van der Waals surface area (Å²) in [7, 11) is 0. The van der Waals surface area contributed by atoms with E-state index in [1.807, 2.05) is 79.0 Å². The lowest BCUT2D eigenvalue weighted by Crippen LogP contribution is -2.31. The Balaban J connectivity index is 1.15. The highest BCUT2D eigenvalue weighted by Crippen LogP contribution is 2.47. The van der Waals surface area contributed by atoms with Crippen molar-refractivity contribution in [2.45, 2.75) is 78.6 Å². The van der Waals surface area contributed by atoms with E-state index in [1.165, 1.54) is 0 Å². The van der Waals surface area contributed by atoms with Gasteiger partial charge in [-0.3, -0.25) is 13.7 Å². The average molecular weight is 1010 g/mol. The molecule has 5 heteroatoms. The zero-order valence-corrected chi connectivity index (χ0v) is 44.4.